The predicted octanol–water partition coefficient (Wildman–Crippen LogP) is 2.79. The number of aryl methyl sites for hydroxylation is 2. The lowest BCUT2D eigenvalue weighted by molar-refractivity contribution is -0.136. The molecule has 25 heavy (non-hydrogen) atoms. The number of hydrogen-bond donors (Lipinski definition) is 2. The van der Waals surface area contributed by atoms with Gasteiger partial charge in [0.15, 0.2) is 0 Å². The van der Waals surface area contributed by atoms with Crippen LogP contribution < -0.4 is 15.5 Å². The van der Waals surface area contributed by atoms with Crippen molar-refractivity contribution in [3.05, 3.63) is 59.2 Å². The lowest BCUT2D eigenvalue weighted by atomic mass is 10.1. The fourth-order valence-electron chi connectivity index (χ4n) is 2.09. The third-order valence-corrected chi connectivity index (χ3v) is 3.56. The van der Waals surface area contributed by atoms with Gasteiger partial charge in [-0.3, -0.25) is 9.59 Å². The number of anilines is 1. The second kappa shape index (κ2) is 8.63. The zero-order valence-electron chi connectivity index (χ0n) is 14.5. The molecule has 0 aliphatic heterocycles. The normalized spacial score (nSPS) is 10.5. The maximum absolute atomic E-state index is 11.9. The average molecular weight is 339 g/mol. The molecular formula is C19H21N3O3. The highest BCUT2D eigenvalue weighted by Gasteiger charge is 2.13. The second-order valence-electron chi connectivity index (χ2n) is 5.42. The quantitative estimate of drug-likeness (QED) is 0.499. The Kier molecular flexibility index (Phi) is 6.28. The van der Waals surface area contributed by atoms with Crippen LogP contribution in [0.25, 0.3) is 0 Å². The Morgan fingerprint density at radius 2 is 1.84 bits per heavy atom. The molecule has 0 aromatic heterocycles. The van der Waals surface area contributed by atoms with E-state index in [1.54, 1.807) is 18.2 Å². The standard InChI is InChI=1S/C19H21N3O3/c1-4-25-17-8-6-5-7-15(17)12-20-22-19(24)18(23)21-16-10-9-13(2)14(3)11-16/h5-12H,4H2,1-3H3,(H,21,23)(H,22,24)/b20-12-. The Balaban J connectivity index is 1.95. The van der Waals surface area contributed by atoms with E-state index in [1.807, 2.05) is 45.0 Å². The number of benzene rings is 2. The molecule has 0 radical (unpaired) electrons. The molecule has 0 aliphatic carbocycles. The van der Waals surface area contributed by atoms with E-state index >= 15 is 0 Å². The number of carbonyl (C=O) groups excluding carboxylic acids is 2. The Hall–Kier alpha value is -3.15. The molecule has 130 valence electrons. The third kappa shape index (κ3) is 5.17. The SMILES string of the molecule is CCOc1ccccc1/C=N\NC(=O)C(=O)Nc1ccc(C)c(C)c1. The highest BCUT2D eigenvalue weighted by molar-refractivity contribution is 6.39. The summed E-state index contributed by atoms with van der Waals surface area (Å²) in [6.07, 6.45) is 1.44. The van der Waals surface area contributed by atoms with E-state index in [1.165, 1.54) is 6.21 Å². The first-order chi connectivity index (χ1) is 12.0. The number of hydrogen-bond acceptors (Lipinski definition) is 4. The summed E-state index contributed by atoms with van der Waals surface area (Å²) in [6, 6.07) is 12.7. The Bertz CT molecular complexity index is 800. The van der Waals surface area contributed by atoms with Gasteiger partial charge in [-0.15, -0.1) is 0 Å². The largest absolute Gasteiger partial charge is 0.493 e. The minimum atomic E-state index is -0.844. The van der Waals surface area contributed by atoms with E-state index in [2.05, 4.69) is 15.8 Å². The molecule has 0 fully saturated rings. The van der Waals surface area contributed by atoms with Crippen LogP contribution in [0.4, 0.5) is 5.69 Å². The maximum Gasteiger partial charge on any atom is 0.329 e. The number of rotatable bonds is 5. The van der Waals surface area contributed by atoms with Gasteiger partial charge in [-0.25, -0.2) is 5.43 Å². The summed E-state index contributed by atoms with van der Waals surface area (Å²) in [5.74, 6) is -0.968. The van der Waals surface area contributed by atoms with Crippen LogP contribution in [-0.4, -0.2) is 24.6 Å². The van der Waals surface area contributed by atoms with Crippen molar-refractivity contribution >= 4 is 23.7 Å². The third-order valence-electron chi connectivity index (χ3n) is 3.56. The van der Waals surface area contributed by atoms with Crippen molar-refractivity contribution in [3.63, 3.8) is 0 Å². The van der Waals surface area contributed by atoms with Gasteiger partial charge < -0.3 is 10.1 Å². The first kappa shape index (κ1) is 18.2. The number of carbonyl (C=O) groups is 2. The van der Waals surface area contributed by atoms with Gasteiger partial charge in [0.25, 0.3) is 0 Å². The van der Waals surface area contributed by atoms with Crippen LogP contribution in [0, 0.1) is 13.8 Å². The van der Waals surface area contributed by atoms with Crippen molar-refractivity contribution in [1.82, 2.24) is 5.43 Å². The van der Waals surface area contributed by atoms with Crippen LogP contribution in [0.5, 0.6) is 5.75 Å². The summed E-state index contributed by atoms with van der Waals surface area (Å²) in [5, 5.41) is 6.35. The summed E-state index contributed by atoms with van der Waals surface area (Å²) in [5.41, 5.74) is 5.62. The maximum atomic E-state index is 11.9. The van der Waals surface area contributed by atoms with Crippen molar-refractivity contribution in [1.29, 1.82) is 0 Å². The molecule has 0 spiro atoms. The molecule has 2 aromatic carbocycles. The fraction of sp³-hybridized carbons (Fsp3) is 0.211. The summed E-state index contributed by atoms with van der Waals surface area (Å²) < 4.78 is 5.46. The molecule has 2 rings (SSSR count). The minimum absolute atomic E-state index is 0.523. The molecule has 2 aromatic rings. The van der Waals surface area contributed by atoms with E-state index in [9.17, 15) is 9.59 Å². The van der Waals surface area contributed by atoms with E-state index in [0.717, 1.165) is 11.1 Å². The van der Waals surface area contributed by atoms with E-state index in [4.69, 9.17) is 4.74 Å². The average Bonchev–Trinajstić information content (AvgIpc) is 2.59. The number of hydrazone groups is 1. The number of amides is 2. The lowest BCUT2D eigenvalue weighted by Crippen LogP contribution is -2.32. The molecule has 0 atom stereocenters. The molecule has 0 unspecified atom stereocenters. The molecule has 6 nitrogen and oxygen atoms in total. The van der Waals surface area contributed by atoms with Crippen LogP contribution in [0.2, 0.25) is 0 Å². The Labute approximate surface area is 146 Å². The summed E-state index contributed by atoms with van der Waals surface area (Å²) in [7, 11) is 0. The van der Waals surface area contributed by atoms with Gasteiger partial charge in [-0.1, -0.05) is 18.2 Å². The molecule has 2 amide bonds. The van der Waals surface area contributed by atoms with Crippen molar-refractivity contribution in [2.45, 2.75) is 20.8 Å². The molecule has 0 saturated heterocycles. The number of nitrogens with zero attached hydrogens (tertiary/aromatic N) is 1. The molecule has 6 heteroatoms. The van der Waals surface area contributed by atoms with Gasteiger partial charge >= 0.3 is 11.8 Å². The fourth-order valence-corrected chi connectivity index (χ4v) is 2.09. The van der Waals surface area contributed by atoms with E-state index < -0.39 is 11.8 Å². The molecule has 2 N–H and O–H groups in total. The summed E-state index contributed by atoms with van der Waals surface area (Å²) in [4.78, 5) is 23.7. The molecular weight excluding hydrogens is 318 g/mol. The second-order valence-corrected chi connectivity index (χ2v) is 5.42. The number of ether oxygens (including phenoxy) is 1. The zero-order valence-corrected chi connectivity index (χ0v) is 14.5. The van der Waals surface area contributed by atoms with Gasteiger partial charge in [0.05, 0.1) is 12.8 Å². The smallest absolute Gasteiger partial charge is 0.329 e. The van der Waals surface area contributed by atoms with Crippen LogP contribution in [0.1, 0.15) is 23.6 Å². The topological polar surface area (TPSA) is 79.8 Å². The van der Waals surface area contributed by atoms with Gasteiger partial charge in [0, 0.05) is 11.3 Å². The van der Waals surface area contributed by atoms with Crippen molar-refractivity contribution in [2.75, 3.05) is 11.9 Å². The highest BCUT2D eigenvalue weighted by atomic mass is 16.5. The van der Waals surface area contributed by atoms with Gasteiger partial charge in [-0.2, -0.15) is 5.10 Å². The van der Waals surface area contributed by atoms with Crippen LogP contribution in [0.3, 0.4) is 0 Å². The molecule has 0 heterocycles. The Morgan fingerprint density at radius 1 is 1.08 bits per heavy atom. The van der Waals surface area contributed by atoms with Crippen molar-refractivity contribution in [3.8, 4) is 5.75 Å². The van der Waals surface area contributed by atoms with Crippen molar-refractivity contribution < 1.29 is 14.3 Å². The van der Waals surface area contributed by atoms with Crippen LogP contribution in [0.15, 0.2) is 47.6 Å². The van der Waals surface area contributed by atoms with E-state index in [-0.39, 0.29) is 0 Å². The zero-order chi connectivity index (χ0) is 18.2. The Morgan fingerprint density at radius 3 is 2.56 bits per heavy atom. The monoisotopic (exact) mass is 339 g/mol. The molecule has 0 bridgehead atoms. The van der Waals surface area contributed by atoms with Crippen LogP contribution >= 0.6 is 0 Å². The first-order valence-corrected chi connectivity index (χ1v) is 7.94. The van der Waals surface area contributed by atoms with Crippen molar-refractivity contribution in [2.24, 2.45) is 5.10 Å². The number of nitrogens with one attached hydrogen (secondary N) is 2. The first-order valence-electron chi connectivity index (χ1n) is 7.94. The summed E-state index contributed by atoms with van der Waals surface area (Å²) in [6.45, 7) is 6.32. The van der Waals surface area contributed by atoms with Crippen LogP contribution in [-0.2, 0) is 9.59 Å². The van der Waals surface area contributed by atoms with E-state index in [0.29, 0.717) is 23.6 Å². The van der Waals surface area contributed by atoms with Gasteiger partial charge in [0.2, 0.25) is 0 Å². The number of para-hydroxylation sites is 1. The van der Waals surface area contributed by atoms with Gasteiger partial charge in [-0.05, 0) is 56.2 Å². The minimum Gasteiger partial charge on any atom is -0.493 e. The highest BCUT2D eigenvalue weighted by Crippen LogP contribution is 2.15. The molecule has 0 saturated carbocycles. The van der Waals surface area contributed by atoms with Gasteiger partial charge in [0.1, 0.15) is 5.75 Å². The summed E-state index contributed by atoms with van der Waals surface area (Å²) >= 11 is 0. The molecule has 0 aliphatic rings. The lowest BCUT2D eigenvalue weighted by Gasteiger charge is -2.07. The predicted molar refractivity (Wildman–Crippen MR) is 97.9 cm³/mol.